The van der Waals surface area contributed by atoms with Crippen molar-refractivity contribution in [2.24, 2.45) is 0 Å². The summed E-state index contributed by atoms with van der Waals surface area (Å²) >= 11 is 0. The van der Waals surface area contributed by atoms with Crippen LogP contribution in [0.1, 0.15) is 38.7 Å². The number of aliphatic carboxylic acids is 1. The standard InChI is InChI=1S/C21H31N3O3/c1-15-13-17-7-4-5-9-19(17)24(15)21(27)16(2)23-11-6-8-18(10-12-23)22(3)14-20(25)26/h4-5,7,9,15-16,18H,6,8,10-14H2,1-3H3,(H,25,26). The summed E-state index contributed by atoms with van der Waals surface area (Å²) in [7, 11) is 1.88. The summed E-state index contributed by atoms with van der Waals surface area (Å²) in [5, 5.41) is 9.02. The molecule has 148 valence electrons. The number of amides is 1. The Kier molecular flexibility index (Phi) is 6.17. The second kappa shape index (κ2) is 8.40. The summed E-state index contributed by atoms with van der Waals surface area (Å²) in [5.74, 6) is -0.617. The van der Waals surface area contributed by atoms with Gasteiger partial charge in [0.1, 0.15) is 0 Å². The fourth-order valence-corrected chi connectivity index (χ4v) is 4.53. The van der Waals surface area contributed by atoms with Gasteiger partial charge in [-0.25, -0.2) is 0 Å². The van der Waals surface area contributed by atoms with E-state index in [2.05, 4.69) is 17.9 Å². The van der Waals surface area contributed by atoms with Crippen molar-refractivity contribution in [2.45, 2.75) is 57.7 Å². The van der Waals surface area contributed by atoms with E-state index in [1.54, 1.807) is 0 Å². The third kappa shape index (κ3) is 4.33. The molecule has 0 spiro atoms. The molecule has 3 atom stereocenters. The van der Waals surface area contributed by atoms with Gasteiger partial charge in [-0.2, -0.15) is 0 Å². The van der Waals surface area contributed by atoms with E-state index in [0.717, 1.165) is 44.5 Å². The number of carbonyl (C=O) groups is 2. The van der Waals surface area contributed by atoms with Crippen LogP contribution >= 0.6 is 0 Å². The highest BCUT2D eigenvalue weighted by Crippen LogP contribution is 2.33. The van der Waals surface area contributed by atoms with Crippen LogP contribution in [0.15, 0.2) is 24.3 Å². The Morgan fingerprint density at radius 1 is 1.26 bits per heavy atom. The maximum Gasteiger partial charge on any atom is 0.317 e. The number of carbonyl (C=O) groups excluding carboxylic acids is 1. The highest BCUT2D eigenvalue weighted by Gasteiger charge is 2.35. The molecule has 6 heteroatoms. The molecule has 0 radical (unpaired) electrons. The molecule has 0 saturated carbocycles. The quantitative estimate of drug-likeness (QED) is 0.857. The molecule has 2 aliphatic rings. The van der Waals surface area contributed by atoms with E-state index in [0.29, 0.717) is 0 Å². The molecule has 2 aliphatic heterocycles. The molecule has 3 unspecified atom stereocenters. The van der Waals surface area contributed by atoms with Crippen molar-refractivity contribution >= 4 is 17.6 Å². The Hall–Kier alpha value is -1.92. The SMILES string of the molecule is CC(C(=O)N1c2ccccc2CC1C)N1CCCC(N(C)CC(=O)O)CC1. The summed E-state index contributed by atoms with van der Waals surface area (Å²) < 4.78 is 0. The largest absolute Gasteiger partial charge is 0.480 e. The van der Waals surface area contributed by atoms with Crippen LogP contribution in [0.2, 0.25) is 0 Å². The van der Waals surface area contributed by atoms with Crippen LogP contribution in [0.4, 0.5) is 5.69 Å². The van der Waals surface area contributed by atoms with Gasteiger partial charge < -0.3 is 10.0 Å². The molecule has 6 nitrogen and oxygen atoms in total. The molecule has 0 bridgehead atoms. The second-order valence-corrected chi connectivity index (χ2v) is 8.00. The van der Waals surface area contributed by atoms with Crippen LogP contribution in [0.3, 0.4) is 0 Å². The summed E-state index contributed by atoms with van der Waals surface area (Å²) in [6, 6.07) is 8.48. The van der Waals surface area contributed by atoms with Crippen LogP contribution < -0.4 is 4.90 Å². The molecule has 27 heavy (non-hydrogen) atoms. The maximum atomic E-state index is 13.3. The maximum absolute atomic E-state index is 13.3. The van der Waals surface area contributed by atoms with Gasteiger partial charge in [0.05, 0.1) is 12.6 Å². The van der Waals surface area contributed by atoms with Crippen LogP contribution in [0.25, 0.3) is 0 Å². The van der Waals surface area contributed by atoms with Gasteiger partial charge in [-0.05, 0) is 64.8 Å². The monoisotopic (exact) mass is 373 g/mol. The lowest BCUT2D eigenvalue weighted by atomic mass is 10.1. The Labute approximate surface area is 161 Å². The number of likely N-dealkylation sites (tertiary alicyclic amines) is 1. The van der Waals surface area contributed by atoms with Crippen molar-refractivity contribution in [3.63, 3.8) is 0 Å². The number of carboxylic acid groups (broad SMARTS) is 1. The summed E-state index contributed by atoms with van der Waals surface area (Å²) in [6.07, 6.45) is 3.77. The number of anilines is 1. The van der Waals surface area contributed by atoms with Crippen LogP contribution in [0, 0.1) is 0 Å². The third-order valence-electron chi connectivity index (χ3n) is 6.09. The van der Waals surface area contributed by atoms with Gasteiger partial charge in [0.25, 0.3) is 0 Å². The zero-order valence-electron chi connectivity index (χ0n) is 16.6. The minimum Gasteiger partial charge on any atom is -0.480 e. The predicted molar refractivity (Wildman–Crippen MR) is 106 cm³/mol. The second-order valence-electron chi connectivity index (χ2n) is 8.00. The highest BCUT2D eigenvalue weighted by atomic mass is 16.4. The van der Waals surface area contributed by atoms with Crippen molar-refractivity contribution in [1.82, 2.24) is 9.80 Å². The first-order valence-corrected chi connectivity index (χ1v) is 9.95. The number of hydrogen-bond acceptors (Lipinski definition) is 4. The first-order chi connectivity index (χ1) is 12.9. The predicted octanol–water partition coefficient (Wildman–Crippen LogP) is 2.22. The summed E-state index contributed by atoms with van der Waals surface area (Å²) in [4.78, 5) is 30.4. The lowest BCUT2D eigenvalue weighted by Crippen LogP contribution is -2.49. The lowest BCUT2D eigenvalue weighted by molar-refractivity contribution is -0.138. The molecular weight excluding hydrogens is 342 g/mol. The summed E-state index contributed by atoms with van der Waals surface area (Å²) in [5.41, 5.74) is 2.30. The highest BCUT2D eigenvalue weighted by molar-refractivity contribution is 5.99. The van der Waals surface area contributed by atoms with Gasteiger partial charge in [0.2, 0.25) is 5.91 Å². The Bertz CT molecular complexity index is 693. The van der Waals surface area contributed by atoms with Gasteiger partial charge in [-0.15, -0.1) is 0 Å². The fraction of sp³-hybridized carbons (Fsp3) is 0.619. The van der Waals surface area contributed by atoms with E-state index >= 15 is 0 Å². The number of fused-ring (bicyclic) bond motifs is 1. The molecule has 0 aliphatic carbocycles. The van der Waals surface area contributed by atoms with Gasteiger partial charge in [0, 0.05) is 24.3 Å². The van der Waals surface area contributed by atoms with E-state index in [1.807, 2.05) is 42.0 Å². The number of carboxylic acids is 1. The van der Waals surface area contributed by atoms with Crippen molar-refractivity contribution in [3.8, 4) is 0 Å². The Morgan fingerprint density at radius 2 is 2.00 bits per heavy atom. The zero-order chi connectivity index (χ0) is 19.6. The van der Waals surface area contributed by atoms with E-state index in [-0.39, 0.29) is 30.6 Å². The molecule has 1 amide bonds. The molecule has 1 fully saturated rings. The third-order valence-corrected chi connectivity index (χ3v) is 6.09. The average molecular weight is 373 g/mol. The molecular formula is C21H31N3O3. The minimum absolute atomic E-state index is 0.0707. The first-order valence-electron chi connectivity index (χ1n) is 9.95. The van der Waals surface area contributed by atoms with E-state index in [9.17, 15) is 9.59 Å². The summed E-state index contributed by atoms with van der Waals surface area (Å²) in [6.45, 7) is 5.90. The van der Waals surface area contributed by atoms with Crippen molar-refractivity contribution < 1.29 is 14.7 Å². The molecule has 0 aromatic heterocycles. The smallest absolute Gasteiger partial charge is 0.317 e. The molecule has 1 N–H and O–H groups in total. The van der Waals surface area contributed by atoms with E-state index < -0.39 is 5.97 Å². The van der Waals surface area contributed by atoms with Crippen molar-refractivity contribution in [3.05, 3.63) is 29.8 Å². The molecule has 1 aromatic rings. The molecule has 3 rings (SSSR count). The molecule has 2 heterocycles. The van der Waals surface area contributed by atoms with E-state index in [4.69, 9.17) is 5.11 Å². The van der Waals surface area contributed by atoms with Crippen molar-refractivity contribution in [1.29, 1.82) is 0 Å². The van der Waals surface area contributed by atoms with Gasteiger partial charge in [-0.1, -0.05) is 18.2 Å². The number of likely N-dealkylation sites (N-methyl/N-ethyl adjacent to an activating group) is 1. The average Bonchev–Trinajstić information content (AvgIpc) is 2.80. The Morgan fingerprint density at radius 3 is 2.74 bits per heavy atom. The first kappa shape index (κ1) is 19.8. The molecule has 1 saturated heterocycles. The minimum atomic E-state index is -0.788. The number of para-hydroxylation sites is 1. The zero-order valence-corrected chi connectivity index (χ0v) is 16.6. The van der Waals surface area contributed by atoms with E-state index in [1.165, 1.54) is 5.56 Å². The number of rotatable bonds is 5. The number of hydrogen-bond donors (Lipinski definition) is 1. The Balaban J connectivity index is 1.65. The molecule has 1 aromatic carbocycles. The number of nitrogens with zero attached hydrogens (tertiary/aromatic N) is 3. The van der Waals surface area contributed by atoms with Crippen LogP contribution in [-0.2, 0) is 16.0 Å². The normalized spacial score (nSPS) is 24.5. The van der Waals surface area contributed by atoms with Gasteiger partial charge in [0.15, 0.2) is 0 Å². The van der Waals surface area contributed by atoms with Crippen molar-refractivity contribution in [2.75, 3.05) is 31.6 Å². The number of benzene rings is 1. The van der Waals surface area contributed by atoms with Crippen LogP contribution in [-0.4, -0.2) is 71.6 Å². The van der Waals surface area contributed by atoms with Crippen LogP contribution in [0.5, 0.6) is 0 Å². The fourth-order valence-electron chi connectivity index (χ4n) is 4.53. The lowest BCUT2D eigenvalue weighted by Gasteiger charge is -2.32. The van der Waals surface area contributed by atoms with Gasteiger partial charge >= 0.3 is 5.97 Å². The van der Waals surface area contributed by atoms with Gasteiger partial charge in [-0.3, -0.25) is 19.4 Å². The topological polar surface area (TPSA) is 64.1 Å².